The fraction of sp³-hybridized carbons (Fsp3) is 0.174. The SMILES string of the molecule is CC(C)Oc1cc(CN)cc(-c2cn(SOOc3ccccc3)c3ncccc23)c1. The zero-order chi connectivity index (χ0) is 20.9. The fourth-order valence-electron chi connectivity index (χ4n) is 3.16. The van der Waals surface area contributed by atoms with Crippen LogP contribution in [0.1, 0.15) is 19.4 Å². The molecule has 2 N–H and O–H groups in total. The van der Waals surface area contributed by atoms with Gasteiger partial charge in [0.1, 0.15) is 5.75 Å². The number of aromatic nitrogens is 2. The molecule has 6 nitrogen and oxygen atoms in total. The standard InChI is InChI=1S/C23H23N3O3S/c1-16(2)27-20-12-17(14-24)11-18(13-20)22-15-26(23-21(22)9-6-10-25-23)30-29-28-19-7-4-3-5-8-19/h3-13,15-16H,14,24H2,1-2H3. The molecular weight excluding hydrogens is 398 g/mol. The largest absolute Gasteiger partial charge is 0.491 e. The number of rotatable bonds is 8. The zero-order valence-corrected chi connectivity index (χ0v) is 17.6. The van der Waals surface area contributed by atoms with Gasteiger partial charge in [0.15, 0.2) is 23.6 Å². The maximum Gasteiger partial charge on any atom is 0.170 e. The molecule has 0 fully saturated rings. The average Bonchev–Trinajstić information content (AvgIpc) is 3.13. The van der Waals surface area contributed by atoms with Crippen LogP contribution in [0.2, 0.25) is 0 Å². The van der Waals surface area contributed by atoms with Gasteiger partial charge in [-0.2, -0.15) is 0 Å². The lowest BCUT2D eigenvalue weighted by atomic mass is 10.0. The highest BCUT2D eigenvalue weighted by atomic mass is 32.2. The molecule has 4 aromatic rings. The van der Waals surface area contributed by atoms with Gasteiger partial charge in [-0.25, -0.2) is 8.96 Å². The molecule has 4 rings (SSSR count). The number of nitrogens with zero attached hydrogens (tertiary/aromatic N) is 2. The molecule has 0 bridgehead atoms. The topological polar surface area (TPSA) is 71.5 Å². The predicted octanol–water partition coefficient (Wildman–Crippen LogP) is 5.37. The van der Waals surface area contributed by atoms with E-state index in [1.165, 1.54) is 0 Å². The summed E-state index contributed by atoms with van der Waals surface area (Å²) in [5.41, 5.74) is 9.72. The summed E-state index contributed by atoms with van der Waals surface area (Å²) in [6.45, 7) is 4.44. The van der Waals surface area contributed by atoms with Crippen molar-refractivity contribution >= 4 is 23.3 Å². The van der Waals surface area contributed by atoms with E-state index in [1.807, 2.05) is 78.6 Å². The second-order valence-electron chi connectivity index (χ2n) is 7.02. The van der Waals surface area contributed by atoms with Crippen molar-refractivity contribution in [1.82, 2.24) is 8.96 Å². The third-order valence-electron chi connectivity index (χ3n) is 4.40. The molecule has 2 aromatic carbocycles. The number of benzene rings is 2. The lowest BCUT2D eigenvalue weighted by molar-refractivity contribution is -0.0785. The monoisotopic (exact) mass is 421 g/mol. The Kier molecular flexibility index (Phi) is 6.23. The van der Waals surface area contributed by atoms with Crippen LogP contribution < -0.4 is 15.4 Å². The van der Waals surface area contributed by atoms with Crippen molar-refractivity contribution in [2.45, 2.75) is 26.5 Å². The summed E-state index contributed by atoms with van der Waals surface area (Å²) in [6, 6.07) is 19.4. The lowest BCUT2D eigenvalue weighted by Gasteiger charge is -2.13. The second kappa shape index (κ2) is 9.21. The van der Waals surface area contributed by atoms with Crippen molar-refractivity contribution in [3.63, 3.8) is 0 Å². The molecule has 0 atom stereocenters. The van der Waals surface area contributed by atoms with Crippen LogP contribution in [0.25, 0.3) is 22.2 Å². The highest BCUT2D eigenvalue weighted by molar-refractivity contribution is 7.93. The van der Waals surface area contributed by atoms with Gasteiger partial charge in [-0.3, -0.25) is 0 Å². The van der Waals surface area contributed by atoms with Crippen molar-refractivity contribution in [2.24, 2.45) is 5.73 Å². The van der Waals surface area contributed by atoms with E-state index in [0.29, 0.717) is 12.3 Å². The van der Waals surface area contributed by atoms with Crippen molar-refractivity contribution in [2.75, 3.05) is 0 Å². The van der Waals surface area contributed by atoms with E-state index in [1.54, 1.807) is 6.20 Å². The van der Waals surface area contributed by atoms with Crippen LogP contribution in [0.5, 0.6) is 11.5 Å². The van der Waals surface area contributed by atoms with Crippen molar-refractivity contribution in [3.8, 4) is 22.6 Å². The molecule has 2 aromatic heterocycles. The van der Waals surface area contributed by atoms with Gasteiger partial charge >= 0.3 is 0 Å². The number of fused-ring (bicyclic) bond motifs is 1. The molecule has 0 spiro atoms. The Morgan fingerprint density at radius 3 is 2.63 bits per heavy atom. The molecular formula is C23H23N3O3S. The number of pyridine rings is 1. The number of para-hydroxylation sites is 1. The molecule has 2 heterocycles. The Bertz CT molecular complexity index is 1130. The van der Waals surface area contributed by atoms with E-state index in [2.05, 4.69) is 11.1 Å². The van der Waals surface area contributed by atoms with Crippen LogP contribution in [0, 0.1) is 0 Å². The molecule has 0 saturated carbocycles. The minimum atomic E-state index is 0.0768. The molecule has 0 aliphatic rings. The number of hydrogen-bond donors (Lipinski definition) is 1. The second-order valence-corrected chi connectivity index (χ2v) is 7.70. The van der Waals surface area contributed by atoms with Gasteiger partial charge in [-0.05, 0) is 67.4 Å². The molecule has 30 heavy (non-hydrogen) atoms. The molecule has 0 unspecified atom stereocenters. The average molecular weight is 422 g/mol. The van der Waals surface area contributed by atoms with Gasteiger partial charge < -0.3 is 15.4 Å². The van der Waals surface area contributed by atoms with Crippen molar-refractivity contribution in [1.29, 1.82) is 0 Å². The molecule has 7 heteroatoms. The Hall–Kier alpha value is -3.00. The van der Waals surface area contributed by atoms with E-state index in [0.717, 1.165) is 45.7 Å². The summed E-state index contributed by atoms with van der Waals surface area (Å²) in [5.74, 6) is 1.42. The number of ether oxygens (including phenoxy) is 1. The highest BCUT2D eigenvalue weighted by Gasteiger charge is 2.14. The van der Waals surface area contributed by atoms with Crippen LogP contribution in [0.4, 0.5) is 0 Å². The van der Waals surface area contributed by atoms with Crippen molar-refractivity contribution < 1.29 is 14.0 Å². The van der Waals surface area contributed by atoms with Gasteiger partial charge in [0, 0.05) is 29.9 Å². The normalized spacial score (nSPS) is 11.2. The van der Waals surface area contributed by atoms with E-state index in [4.69, 9.17) is 19.7 Å². The van der Waals surface area contributed by atoms with Crippen molar-refractivity contribution in [3.05, 3.63) is 78.6 Å². The first-order chi connectivity index (χ1) is 14.6. The van der Waals surface area contributed by atoms with Crippen LogP contribution in [-0.4, -0.2) is 15.1 Å². The maximum atomic E-state index is 5.92. The molecule has 0 saturated heterocycles. The summed E-state index contributed by atoms with van der Waals surface area (Å²) >= 11 is 1.06. The number of hydrogen-bond acceptors (Lipinski definition) is 6. The third kappa shape index (κ3) is 4.59. The summed E-state index contributed by atoms with van der Waals surface area (Å²) < 4.78 is 13.1. The summed E-state index contributed by atoms with van der Waals surface area (Å²) in [6.07, 6.45) is 3.81. The lowest BCUT2D eigenvalue weighted by Crippen LogP contribution is -2.06. The molecule has 0 amide bonds. The van der Waals surface area contributed by atoms with Gasteiger partial charge in [-0.15, -0.1) is 0 Å². The first-order valence-corrected chi connectivity index (χ1v) is 10.4. The smallest absolute Gasteiger partial charge is 0.170 e. The first-order valence-electron chi connectivity index (χ1n) is 9.68. The van der Waals surface area contributed by atoms with Gasteiger partial charge in [0.25, 0.3) is 0 Å². The van der Waals surface area contributed by atoms with E-state index >= 15 is 0 Å². The molecule has 0 aliphatic carbocycles. The van der Waals surface area contributed by atoms with Crippen LogP contribution in [0.15, 0.2) is 73.1 Å². The third-order valence-corrected chi connectivity index (χ3v) is 4.97. The number of nitrogens with two attached hydrogens (primary N) is 1. The van der Waals surface area contributed by atoms with E-state index in [-0.39, 0.29) is 6.10 Å². The predicted molar refractivity (Wildman–Crippen MR) is 120 cm³/mol. The van der Waals surface area contributed by atoms with Gasteiger partial charge in [0.2, 0.25) is 0 Å². The molecule has 0 aliphatic heterocycles. The van der Waals surface area contributed by atoms with Crippen LogP contribution in [-0.2, 0) is 10.9 Å². The maximum absolute atomic E-state index is 5.92. The Morgan fingerprint density at radius 2 is 1.87 bits per heavy atom. The first kappa shape index (κ1) is 20.3. The highest BCUT2D eigenvalue weighted by Crippen LogP contribution is 2.35. The zero-order valence-electron chi connectivity index (χ0n) is 16.8. The molecule has 154 valence electrons. The van der Waals surface area contributed by atoms with Crippen LogP contribution >= 0.6 is 12.2 Å². The van der Waals surface area contributed by atoms with Crippen LogP contribution in [0.3, 0.4) is 0 Å². The Balaban J connectivity index is 1.66. The van der Waals surface area contributed by atoms with Gasteiger partial charge in [0.05, 0.1) is 6.10 Å². The summed E-state index contributed by atoms with van der Waals surface area (Å²) in [7, 11) is 0. The summed E-state index contributed by atoms with van der Waals surface area (Å²) in [5, 5.41) is 0.998. The van der Waals surface area contributed by atoms with E-state index in [9.17, 15) is 0 Å². The molecule has 0 radical (unpaired) electrons. The Labute approximate surface area is 179 Å². The summed E-state index contributed by atoms with van der Waals surface area (Å²) in [4.78, 5) is 9.87. The minimum Gasteiger partial charge on any atom is -0.491 e. The quantitative estimate of drug-likeness (QED) is 0.234. The fourth-order valence-corrected chi connectivity index (χ4v) is 3.69. The Morgan fingerprint density at radius 1 is 1.03 bits per heavy atom. The van der Waals surface area contributed by atoms with E-state index < -0.39 is 0 Å². The van der Waals surface area contributed by atoms with Gasteiger partial charge in [-0.1, -0.05) is 22.5 Å². The minimum absolute atomic E-state index is 0.0768.